The Labute approximate surface area is 172 Å². The Bertz CT molecular complexity index is 1110. The lowest BCUT2D eigenvalue weighted by atomic mass is 10.1. The molecule has 0 unspecified atom stereocenters. The largest absolute Gasteiger partial charge is 0.493 e. The predicted molar refractivity (Wildman–Crippen MR) is 111 cm³/mol. The highest BCUT2D eigenvalue weighted by molar-refractivity contribution is 7.16. The van der Waals surface area contributed by atoms with Crippen LogP contribution in [0.2, 0.25) is 0 Å². The first-order valence-electron chi connectivity index (χ1n) is 8.92. The van der Waals surface area contributed by atoms with Crippen LogP contribution in [-0.4, -0.2) is 44.2 Å². The van der Waals surface area contributed by atoms with Crippen LogP contribution in [0.5, 0.6) is 11.5 Å². The highest BCUT2D eigenvalue weighted by atomic mass is 32.1. The number of amides is 1. The third-order valence-corrected chi connectivity index (χ3v) is 5.48. The number of hydrogen-bond donors (Lipinski definition) is 0. The first-order chi connectivity index (χ1) is 14.0. The summed E-state index contributed by atoms with van der Waals surface area (Å²) in [5.74, 6) is 0.780. The number of aromatic nitrogens is 1. The Morgan fingerprint density at radius 1 is 1.00 bits per heavy atom. The van der Waals surface area contributed by atoms with E-state index in [1.165, 1.54) is 18.3 Å². The summed E-state index contributed by atoms with van der Waals surface area (Å²) in [4.78, 5) is 29.0. The van der Waals surface area contributed by atoms with E-state index in [1.54, 1.807) is 45.6 Å². The zero-order chi connectivity index (χ0) is 21.0. The van der Waals surface area contributed by atoms with Crippen LogP contribution in [0.25, 0.3) is 10.2 Å². The molecule has 2 aromatic carbocycles. The minimum atomic E-state index is -0.378. The van der Waals surface area contributed by atoms with Gasteiger partial charge in [-0.25, -0.2) is 0 Å². The second kappa shape index (κ2) is 9.02. The normalized spacial score (nSPS) is 11.7. The predicted octanol–water partition coefficient (Wildman–Crippen LogP) is 3.31. The van der Waals surface area contributed by atoms with Crippen molar-refractivity contribution in [1.29, 1.82) is 0 Å². The minimum absolute atomic E-state index is 0.0502. The van der Waals surface area contributed by atoms with Gasteiger partial charge in [0.1, 0.15) is 0 Å². The summed E-state index contributed by atoms with van der Waals surface area (Å²) >= 11 is 1.38. The lowest BCUT2D eigenvalue weighted by Crippen LogP contribution is -2.19. The van der Waals surface area contributed by atoms with Gasteiger partial charge in [-0.3, -0.25) is 9.59 Å². The number of nitrogens with zero attached hydrogens (tertiary/aromatic N) is 2. The highest BCUT2D eigenvalue weighted by Gasteiger charge is 2.14. The van der Waals surface area contributed by atoms with Gasteiger partial charge in [-0.15, -0.1) is 0 Å². The number of benzene rings is 2. The molecule has 0 N–H and O–H groups in total. The van der Waals surface area contributed by atoms with Crippen molar-refractivity contribution >= 4 is 33.2 Å². The molecule has 3 rings (SSSR count). The number of ether oxygens (including phenoxy) is 3. The van der Waals surface area contributed by atoms with Gasteiger partial charge < -0.3 is 18.8 Å². The number of hydrogen-bond acceptors (Lipinski definition) is 6. The quantitative estimate of drug-likeness (QED) is 0.554. The van der Waals surface area contributed by atoms with Gasteiger partial charge in [0, 0.05) is 36.9 Å². The van der Waals surface area contributed by atoms with Gasteiger partial charge in [0.2, 0.25) is 0 Å². The van der Waals surface area contributed by atoms with E-state index in [0.717, 1.165) is 10.2 Å². The van der Waals surface area contributed by atoms with Crippen LogP contribution in [0, 0.1) is 0 Å². The Kier molecular flexibility index (Phi) is 6.46. The van der Waals surface area contributed by atoms with E-state index >= 15 is 0 Å². The van der Waals surface area contributed by atoms with Gasteiger partial charge in [-0.2, -0.15) is 4.99 Å². The number of thiazole rings is 1. The molecule has 0 fully saturated rings. The van der Waals surface area contributed by atoms with Crippen molar-refractivity contribution in [3.63, 3.8) is 0 Å². The summed E-state index contributed by atoms with van der Waals surface area (Å²) in [6, 6.07) is 10.2. The van der Waals surface area contributed by atoms with E-state index < -0.39 is 0 Å². The number of carbonyl (C=O) groups is 2. The Balaban J connectivity index is 2.10. The zero-order valence-electron chi connectivity index (χ0n) is 16.7. The molecule has 29 heavy (non-hydrogen) atoms. The number of fused-ring (bicyclic) bond motifs is 1. The first kappa shape index (κ1) is 20.8. The Morgan fingerprint density at radius 3 is 2.21 bits per heavy atom. The molecule has 0 aliphatic carbocycles. The molecule has 0 saturated carbocycles. The highest BCUT2D eigenvalue weighted by Crippen LogP contribution is 2.33. The maximum Gasteiger partial charge on any atom is 0.279 e. The van der Waals surface area contributed by atoms with Gasteiger partial charge in [-0.1, -0.05) is 23.5 Å². The van der Waals surface area contributed by atoms with Crippen molar-refractivity contribution in [1.82, 2.24) is 4.57 Å². The monoisotopic (exact) mass is 414 g/mol. The van der Waals surface area contributed by atoms with Crippen molar-refractivity contribution in [3.05, 3.63) is 52.3 Å². The van der Waals surface area contributed by atoms with E-state index in [1.807, 2.05) is 16.7 Å². The van der Waals surface area contributed by atoms with Crippen LogP contribution in [-0.2, 0) is 11.3 Å². The fourth-order valence-corrected chi connectivity index (χ4v) is 3.94. The third-order valence-electron chi connectivity index (χ3n) is 4.44. The molecule has 1 heterocycles. The Hall–Kier alpha value is -2.97. The average molecular weight is 414 g/mol. The molecule has 0 aliphatic rings. The van der Waals surface area contributed by atoms with Crippen LogP contribution in [0.1, 0.15) is 27.6 Å². The number of methoxy groups -OCH3 is 3. The molecule has 1 aromatic heterocycles. The summed E-state index contributed by atoms with van der Waals surface area (Å²) in [6.45, 7) is 2.48. The summed E-state index contributed by atoms with van der Waals surface area (Å²) < 4.78 is 18.8. The van der Waals surface area contributed by atoms with Gasteiger partial charge >= 0.3 is 0 Å². The van der Waals surface area contributed by atoms with Gasteiger partial charge in [-0.05, 0) is 19.1 Å². The first-order valence-corrected chi connectivity index (χ1v) is 9.74. The molecule has 0 aliphatic heterocycles. The molecular weight excluding hydrogens is 392 g/mol. The molecule has 3 aromatic rings. The van der Waals surface area contributed by atoms with Gasteiger partial charge in [0.05, 0.1) is 31.0 Å². The molecule has 0 atom stereocenters. The zero-order valence-corrected chi connectivity index (χ0v) is 17.5. The van der Waals surface area contributed by atoms with E-state index in [0.29, 0.717) is 40.6 Å². The molecule has 0 radical (unpaired) electrons. The summed E-state index contributed by atoms with van der Waals surface area (Å²) in [5.41, 5.74) is 1.85. The summed E-state index contributed by atoms with van der Waals surface area (Å²) in [5, 5.41) is 0. The second-order valence-electron chi connectivity index (χ2n) is 6.25. The van der Waals surface area contributed by atoms with Crippen LogP contribution in [0.3, 0.4) is 0 Å². The maximum absolute atomic E-state index is 12.7. The number of rotatable bonds is 7. The lowest BCUT2D eigenvalue weighted by Gasteiger charge is -2.09. The fourth-order valence-electron chi connectivity index (χ4n) is 2.88. The third kappa shape index (κ3) is 4.38. The van der Waals surface area contributed by atoms with Crippen molar-refractivity contribution < 1.29 is 23.8 Å². The molecule has 7 nitrogen and oxygen atoms in total. The second-order valence-corrected chi connectivity index (χ2v) is 7.26. The van der Waals surface area contributed by atoms with Crippen LogP contribution < -0.4 is 14.3 Å². The van der Waals surface area contributed by atoms with E-state index in [2.05, 4.69) is 4.99 Å². The van der Waals surface area contributed by atoms with Crippen molar-refractivity contribution in [2.45, 2.75) is 13.5 Å². The number of Topliss-reactive ketones (excluding diaryl/α,β-unsaturated/α-hetero) is 1. The molecule has 0 bridgehead atoms. The number of carbonyl (C=O) groups excluding carboxylic acids is 2. The van der Waals surface area contributed by atoms with Crippen LogP contribution in [0.15, 0.2) is 41.4 Å². The van der Waals surface area contributed by atoms with Gasteiger partial charge in [0.25, 0.3) is 5.91 Å². The Morgan fingerprint density at radius 2 is 1.62 bits per heavy atom. The summed E-state index contributed by atoms with van der Waals surface area (Å²) in [6.07, 6.45) is 0. The van der Waals surface area contributed by atoms with Crippen molar-refractivity contribution in [2.24, 2.45) is 4.99 Å². The topological polar surface area (TPSA) is 79.1 Å². The van der Waals surface area contributed by atoms with Crippen molar-refractivity contribution in [2.75, 3.05) is 27.9 Å². The smallest absolute Gasteiger partial charge is 0.279 e. The molecular formula is C21H22N2O5S. The maximum atomic E-state index is 12.7. The standard InChI is InChI=1S/C21H22N2O5S/c1-13(24)14-5-7-15(8-6-14)20(25)22-21-23(9-10-26-2)16-11-17(27-3)18(28-4)12-19(16)29-21/h5-8,11-12H,9-10H2,1-4H3. The molecule has 1 amide bonds. The summed E-state index contributed by atoms with van der Waals surface area (Å²) in [7, 11) is 4.78. The van der Waals surface area contributed by atoms with Crippen LogP contribution in [0.4, 0.5) is 0 Å². The van der Waals surface area contributed by atoms with E-state index in [4.69, 9.17) is 14.2 Å². The minimum Gasteiger partial charge on any atom is -0.493 e. The lowest BCUT2D eigenvalue weighted by molar-refractivity contribution is 0.0991. The average Bonchev–Trinajstić information content (AvgIpc) is 3.06. The molecule has 8 heteroatoms. The van der Waals surface area contributed by atoms with Crippen LogP contribution >= 0.6 is 11.3 Å². The molecule has 152 valence electrons. The molecule has 0 saturated heterocycles. The van der Waals surface area contributed by atoms with E-state index in [-0.39, 0.29) is 11.7 Å². The van der Waals surface area contributed by atoms with Gasteiger partial charge in [0.15, 0.2) is 22.1 Å². The number of ketones is 1. The van der Waals surface area contributed by atoms with E-state index in [9.17, 15) is 9.59 Å². The fraction of sp³-hybridized carbons (Fsp3) is 0.286. The van der Waals surface area contributed by atoms with Crippen molar-refractivity contribution in [3.8, 4) is 11.5 Å². The molecule has 0 spiro atoms. The SMILES string of the molecule is COCCn1c(=NC(=O)c2ccc(C(C)=O)cc2)sc2cc(OC)c(OC)cc21.